The third-order valence-electron chi connectivity index (χ3n) is 3.57. The number of anilines is 1. The summed E-state index contributed by atoms with van der Waals surface area (Å²) in [4.78, 5) is 0. The van der Waals surface area contributed by atoms with Crippen molar-refractivity contribution in [1.29, 1.82) is 0 Å². The highest BCUT2D eigenvalue weighted by Gasteiger charge is 2.22. The molecule has 0 spiro atoms. The maximum absolute atomic E-state index is 12.0. The van der Waals surface area contributed by atoms with Gasteiger partial charge in [0.2, 0.25) is 0 Å². The zero-order valence-corrected chi connectivity index (χ0v) is 13.3. The quantitative estimate of drug-likeness (QED) is 0.858. The third kappa shape index (κ3) is 4.80. The predicted octanol–water partition coefficient (Wildman–Crippen LogP) is 3.47. The van der Waals surface area contributed by atoms with Crippen molar-refractivity contribution >= 4 is 31.5 Å². The molecule has 5 heteroatoms. The van der Waals surface area contributed by atoms with E-state index >= 15 is 0 Å². The molecule has 0 unspecified atom stereocenters. The SMILES string of the molecule is O=S(=O)(CCNc1ccccc1Br)CC1CCCC1. The Morgan fingerprint density at radius 3 is 2.58 bits per heavy atom. The first kappa shape index (κ1) is 14.9. The van der Waals surface area contributed by atoms with Crippen LogP contribution in [0.5, 0.6) is 0 Å². The van der Waals surface area contributed by atoms with Crippen molar-refractivity contribution in [2.24, 2.45) is 5.92 Å². The summed E-state index contributed by atoms with van der Waals surface area (Å²) in [6.07, 6.45) is 4.54. The van der Waals surface area contributed by atoms with E-state index in [-0.39, 0.29) is 5.75 Å². The zero-order valence-electron chi connectivity index (χ0n) is 10.9. The molecule has 0 amide bonds. The standard InChI is InChI=1S/C14H20BrNO2S/c15-13-7-3-4-8-14(13)16-9-10-19(17,18)11-12-5-1-2-6-12/h3-4,7-8,12,16H,1-2,5-6,9-11H2. The smallest absolute Gasteiger partial charge is 0.152 e. The fraction of sp³-hybridized carbons (Fsp3) is 0.571. The summed E-state index contributed by atoms with van der Waals surface area (Å²) in [5.41, 5.74) is 0.943. The van der Waals surface area contributed by atoms with Crippen LogP contribution in [0.1, 0.15) is 25.7 Å². The van der Waals surface area contributed by atoms with Gasteiger partial charge in [0.15, 0.2) is 9.84 Å². The minimum atomic E-state index is -2.93. The lowest BCUT2D eigenvalue weighted by molar-refractivity contribution is 0.559. The lowest BCUT2D eigenvalue weighted by Crippen LogP contribution is -2.22. The van der Waals surface area contributed by atoms with E-state index in [1.165, 1.54) is 12.8 Å². The number of para-hydroxylation sites is 1. The molecule has 3 nitrogen and oxygen atoms in total. The average molecular weight is 346 g/mol. The van der Waals surface area contributed by atoms with Crippen LogP contribution in [0.4, 0.5) is 5.69 Å². The molecule has 19 heavy (non-hydrogen) atoms. The second-order valence-corrected chi connectivity index (χ2v) is 8.25. The van der Waals surface area contributed by atoms with Gasteiger partial charge in [0.1, 0.15) is 0 Å². The van der Waals surface area contributed by atoms with Crippen molar-refractivity contribution in [3.63, 3.8) is 0 Å². The van der Waals surface area contributed by atoms with Gasteiger partial charge in [-0.3, -0.25) is 0 Å². The third-order valence-corrected chi connectivity index (χ3v) is 6.06. The minimum absolute atomic E-state index is 0.213. The van der Waals surface area contributed by atoms with Crippen molar-refractivity contribution in [3.05, 3.63) is 28.7 Å². The predicted molar refractivity (Wildman–Crippen MR) is 83.2 cm³/mol. The van der Waals surface area contributed by atoms with Gasteiger partial charge in [-0.1, -0.05) is 25.0 Å². The molecule has 0 atom stereocenters. The first-order valence-corrected chi connectivity index (χ1v) is 9.37. The van der Waals surface area contributed by atoms with Crippen molar-refractivity contribution < 1.29 is 8.42 Å². The van der Waals surface area contributed by atoms with E-state index in [0.29, 0.717) is 18.2 Å². The number of hydrogen-bond donors (Lipinski definition) is 1. The van der Waals surface area contributed by atoms with E-state index in [4.69, 9.17) is 0 Å². The number of halogens is 1. The van der Waals surface area contributed by atoms with Gasteiger partial charge in [-0.15, -0.1) is 0 Å². The molecule has 106 valence electrons. The maximum atomic E-state index is 12.0. The van der Waals surface area contributed by atoms with Crippen molar-refractivity contribution in [3.8, 4) is 0 Å². The van der Waals surface area contributed by atoms with Crippen LogP contribution >= 0.6 is 15.9 Å². The van der Waals surface area contributed by atoms with Gasteiger partial charge < -0.3 is 5.32 Å². The van der Waals surface area contributed by atoms with Gasteiger partial charge in [-0.05, 0) is 46.8 Å². The molecule has 0 bridgehead atoms. The van der Waals surface area contributed by atoms with Crippen LogP contribution < -0.4 is 5.32 Å². The van der Waals surface area contributed by atoms with Crippen LogP contribution in [0, 0.1) is 5.92 Å². The topological polar surface area (TPSA) is 46.2 Å². The van der Waals surface area contributed by atoms with Crippen molar-refractivity contribution in [2.75, 3.05) is 23.4 Å². The van der Waals surface area contributed by atoms with E-state index in [1.54, 1.807) is 0 Å². The maximum Gasteiger partial charge on any atom is 0.152 e. The summed E-state index contributed by atoms with van der Waals surface area (Å²) in [6.45, 7) is 0.470. The van der Waals surface area contributed by atoms with Crippen LogP contribution in [-0.4, -0.2) is 26.5 Å². The van der Waals surface area contributed by atoms with E-state index in [1.807, 2.05) is 24.3 Å². The first-order chi connectivity index (χ1) is 9.07. The normalized spacial score (nSPS) is 16.7. The Hall–Kier alpha value is -0.550. The molecule has 0 aromatic heterocycles. The molecule has 0 heterocycles. The fourth-order valence-electron chi connectivity index (χ4n) is 2.57. The van der Waals surface area contributed by atoms with Crippen LogP contribution in [-0.2, 0) is 9.84 Å². The van der Waals surface area contributed by atoms with Gasteiger partial charge in [-0.25, -0.2) is 8.42 Å². The van der Waals surface area contributed by atoms with Crippen LogP contribution in [0.25, 0.3) is 0 Å². The summed E-state index contributed by atoms with van der Waals surface area (Å²) in [5, 5.41) is 3.17. The Morgan fingerprint density at radius 1 is 1.21 bits per heavy atom. The number of hydrogen-bond acceptors (Lipinski definition) is 3. The second kappa shape index (κ2) is 6.75. The van der Waals surface area contributed by atoms with E-state index in [0.717, 1.165) is 23.0 Å². The van der Waals surface area contributed by atoms with Crippen LogP contribution in [0.2, 0.25) is 0 Å². The summed E-state index contributed by atoms with van der Waals surface area (Å²) in [6, 6.07) is 7.75. The van der Waals surface area contributed by atoms with E-state index in [9.17, 15) is 8.42 Å². The average Bonchev–Trinajstić information content (AvgIpc) is 2.83. The molecule has 1 N–H and O–H groups in total. The highest BCUT2D eigenvalue weighted by atomic mass is 79.9. The molecule has 1 aromatic rings. The molecule has 0 saturated heterocycles. The molecule has 1 fully saturated rings. The largest absolute Gasteiger partial charge is 0.383 e. The lowest BCUT2D eigenvalue weighted by Gasteiger charge is -2.11. The number of nitrogens with one attached hydrogen (secondary N) is 1. The van der Waals surface area contributed by atoms with Gasteiger partial charge in [0, 0.05) is 16.7 Å². The van der Waals surface area contributed by atoms with Crippen molar-refractivity contribution in [1.82, 2.24) is 0 Å². The Morgan fingerprint density at radius 2 is 1.89 bits per heavy atom. The van der Waals surface area contributed by atoms with Gasteiger partial charge in [0.25, 0.3) is 0 Å². The molecule has 2 rings (SSSR count). The summed E-state index contributed by atoms with van der Waals surface area (Å²) < 4.78 is 25.0. The summed E-state index contributed by atoms with van der Waals surface area (Å²) in [7, 11) is -2.93. The molecule has 0 radical (unpaired) electrons. The summed E-state index contributed by atoms with van der Waals surface area (Å²) >= 11 is 3.44. The Kier molecular flexibility index (Phi) is 5.28. The first-order valence-electron chi connectivity index (χ1n) is 6.76. The van der Waals surface area contributed by atoms with Crippen LogP contribution in [0.15, 0.2) is 28.7 Å². The lowest BCUT2D eigenvalue weighted by atomic mass is 10.1. The highest BCUT2D eigenvalue weighted by Crippen LogP contribution is 2.26. The fourth-order valence-corrected chi connectivity index (χ4v) is 4.62. The molecule has 1 saturated carbocycles. The summed E-state index contributed by atoms with van der Waals surface area (Å²) in [5.74, 6) is 0.976. The number of benzene rings is 1. The molecule has 1 aliphatic carbocycles. The zero-order chi connectivity index (χ0) is 13.7. The molecule has 0 aliphatic heterocycles. The highest BCUT2D eigenvalue weighted by molar-refractivity contribution is 9.10. The van der Waals surface area contributed by atoms with Crippen molar-refractivity contribution in [2.45, 2.75) is 25.7 Å². The van der Waals surface area contributed by atoms with Gasteiger partial charge >= 0.3 is 0 Å². The Balaban J connectivity index is 1.79. The number of sulfone groups is 1. The van der Waals surface area contributed by atoms with Gasteiger partial charge in [-0.2, -0.15) is 0 Å². The molecular formula is C14H20BrNO2S. The van der Waals surface area contributed by atoms with E-state index < -0.39 is 9.84 Å². The second-order valence-electron chi connectivity index (χ2n) is 5.17. The number of rotatable bonds is 6. The Labute approximate surface area is 123 Å². The van der Waals surface area contributed by atoms with E-state index in [2.05, 4.69) is 21.2 Å². The van der Waals surface area contributed by atoms with Gasteiger partial charge in [0.05, 0.1) is 11.5 Å². The Bertz CT molecular complexity index is 510. The monoisotopic (exact) mass is 345 g/mol. The molecule has 1 aliphatic rings. The van der Waals surface area contributed by atoms with Crippen LogP contribution in [0.3, 0.4) is 0 Å². The molecular weight excluding hydrogens is 326 g/mol. The minimum Gasteiger partial charge on any atom is -0.383 e. The molecule has 1 aromatic carbocycles.